The Morgan fingerprint density at radius 2 is 1.71 bits per heavy atom. The predicted molar refractivity (Wildman–Crippen MR) is 140 cm³/mol. The van der Waals surface area contributed by atoms with Gasteiger partial charge in [-0.3, -0.25) is 0 Å². The number of rotatable bonds is 4. The summed E-state index contributed by atoms with van der Waals surface area (Å²) in [6.07, 6.45) is 16.7. The first-order valence-corrected chi connectivity index (χ1v) is 11.6. The van der Waals surface area contributed by atoms with Crippen molar-refractivity contribution in [1.29, 1.82) is 0 Å². The molecule has 0 unspecified atom stereocenters. The molecule has 0 aromatic heterocycles. The van der Waals surface area contributed by atoms with Crippen molar-refractivity contribution in [2.24, 2.45) is 0 Å². The molecule has 0 spiro atoms. The van der Waals surface area contributed by atoms with E-state index in [0.717, 1.165) is 24.8 Å². The zero-order valence-electron chi connectivity index (χ0n) is 20.0. The van der Waals surface area contributed by atoms with Gasteiger partial charge in [-0.2, -0.15) is 0 Å². The summed E-state index contributed by atoms with van der Waals surface area (Å²) in [7, 11) is 0. The molecule has 0 radical (unpaired) electrons. The molecule has 2 aromatic carbocycles. The van der Waals surface area contributed by atoms with Gasteiger partial charge in [0.25, 0.3) is 0 Å². The predicted octanol–water partition coefficient (Wildman–Crippen LogP) is 6.50. The van der Waals surface area contributed by atoms with Crippen LogP contribution in [0.4, 0.5) is 0 Å². The molecule has 1 atom stereocenters. The zero-order valence-corrected chi connectivity index (χ0v) is 20.0. The molecule has 0 fully saturated rings. The summed E-state index contributed by atoms with van der Waals surface area (Å²) in [5, 5.41) is 28.5. The number of aromatic hydroxyl groups is 2. The number of allylic oxidation sites excluding steroid dienone is 5. The number of carbonyl (C=O) groups is 1. The molecule has 0 aliphatic carbocycles. The monoisotopic (exact) mass is 474 g/mol. The number of hydrogen-bond donors (Lipinski definition) is 3. The van der Waals surface area contributed by atoms with E-state index in [1.807, 2.05) is 36.4 Å². The number of fused-ring (bicyclic) bond motifs is 1. The summed E-state index contributed by atoms with van der Waals surface area (Å²) >= 11 is 0. The van der Waals surface area contributed by atoms with Gasteiger partial charge in [0.1, 0.15) is 23.2 Å². The molecule has 3 N–H and O–H groups in total. The molecule has 3 rings (SSSR count). The van der Waals surface area contributed by atoms with Gasteiger partial charge in [-0.05, 0) is 48.4 Å². The fraction of sp³-hybridized carbons (Fsp3) is 0.233. The van der Waals surface area contributed by atoms with Crippen LogP contribution in [0, 0.1) is 0 Å². The van der Waals surface area contributed by atoms with Crippen molar-refractivity contribution in [2.75, 3.05) is 6.61 Å². The Labute approximate surface area is 207 Å². The Morgan fingerprint density at radius 3 is 2.40 bits per heavy atom. The molecule has 0 bridgehead atoms. The Kier molecular flexibility index (Phi) is 11.9. The quantitative estimate of drug-likeness (QED) is 0.267. The number of phenolic OH excluding ortho intramolecular Hbond substituents is 2. The Morgan fingerprint density at radius 1 is 1.03 bits per heavy atom. The van der Waals surface area contributed by atoms with Gasteiger partial charge in [-0.25, -0.2) is 4.79 Å². The summed E-state index contributed by atoms with van der Waals surface area (Å²) in [5.41, 5.74) is 2.32. The molecule has 0 amide bonds. The summed E-state index contributed by atoms with van der Waals surface area (Å²) < 4.78 is 5.78. The van der Waals surface area contributed by atoms with E-state index in [1.165, 1.54) is 12.1 Å². The number of aliphatic hydroxyl groups is 1. The fourth-order valence-corrected chi connectivity index (χ4v) is 3.47. The van der Waals surface area contributed by atoms with Crippen LogP contribution in [0.2, 0.25) is 0 Å². The summed E-state index contributed by atoms with van der Waals surface area (Å²) in [5.74, 6) is -0.897. The van der Waals surface area contributed by atoms with Crippen molar-refractivity contribution in [1.82, 2.24) is 0 Å². The normalized spacial score (nSPS) is 18.2. The maximum absolute atomic E-state index is 12.9. The summed E-state index contributed by atoms with van der Waals surface area (Å²) in [6, 6.07) is 12.3. The van der Waals surface area contributed by atoms with Crippen molar-refractivity contribution >= 4 is 5.97 Å². The lowest BCUT2D eigenvalue weighted by Crippen LogP contribution is -2.14. The number of hydrogen-bond acceptors (Lipinski definition) is 5. The van der Waals surface area contributed by atoms with Crippen LogP contribution in [0.15, 0.2) is 104 Å². The Bertz CT molecular complexity index is 1060. The van der Waals surface area contributed by atoms with Crippen LogP contribution in [-0.2, 0) is 11.2 Å². The molecule has 0 saturated heterocycles. The maximum atomic E-state index is 12.9. The highest BCUT2D eigenvalue weighted by molar-refractivity contribution is 5.94. The van der Waals surface area contributed by atoms with Crippen molar-refractivity contribution in [3.63, 3.8) is 0 Å². The van der Waals surface area contributed by atoms with Gasteiger partial charge in [0.05, 0.1) is 6.61 Å². The van der Waals surface area contributed by atoms with Gasteiger partial charge in [0, 0.05) is 12.5 Å². The molecule has 184 valence electrons. The van der Waals surface area contributed by atoms with Crippen molar-refractivity contribution < 1.29 is 24.9 Å². The van der Waals surface area contributed by atoms with Crippen LogP contribution in [0.3, 0.4) is 0 Å². The van der Waals surface area contributed by atoms with E-state index < -0.39 is 12.1 Å². The van der Waals surface area contributed by atoms with Gasteiger partial charge in [-0.1, -0.05) is 86.0 Å². The third kappa shape index (κ3) is 9.51. The SMILES string of the molecule is C=C/C=C\C(=C)CO.O=C1O[C@@H](c2ccccc2)C/C=C/CC/C=C/CCc2cc(O)cc(O)c21. The van der Waals surface area contributed by atoms with Gasteiger partial charge in [0.15, 0.2) is 0 Å². The van der Waals surface area contributed by atoms with E-state index >= 15 is 0 Å². The number of aryl methyl sites for hydroxylation is 1. The average Bonchev–Trinajstić information content (AvgIpc) is 2.85. The van der Waals surface area contributed by atoms with Crippen LogP contribution >= 0.6 is 0 Å². The highest BCUT2D eigenvalue weighted by Gasteiger charge is 2.23. The summed E-state index contributed by atoms with van der Waals surface area (Å²) in [4.78, 5) is 12.9. The molecular weight excluding hydrogens is 440 g/mol. The number of cyclic esters (lactones) is 1. The zero-order chi connectivity index (χ0) is 25.5. The molecule has 1 aliphatic rings. The lowest BCUT2D eigenvalue weighted by Gasteiger charge is -2.19. The lowest BCUT2D eigenvalue weighted by molar-refractivity contribution is 0.0298. The smallest absolute Gasteiger partial charge is 0.342 e. The van der Waals surface area contributed by atoms with Crippen LogP contribution in [0.5, 0.6) is 11.5 Å². The molecule has 2 aromatic rings. The van der Waals surface area contributed by atoms with Gasteiger partial charge in [-0.15, -0.1) is 0 Å². The molecule has 35 heavy (non-hydrogen) atoms. The molecular formula is C30H34O5. The topological polar surface area (TPSA) is 87.0 Å². The van der Waals surface area contributed by atoms with E-state index in [4.69, 9.17) is 9.84 Å². The first-order valence-electron chi connectivity index (χ1n) is 11.6. The first kappa shape index (κ1) is 27.4. The minimum atomic E-state index is -0.578. The van der Waals surface area contributed by atoms with E-state index in [1.54, 1.807) is 18.2 Å². The Balaban J connectivity index is 0.000000466. The number of phenols is 2. The van der Waals surface area contributed by atoms with Crippen molar-refractivity contribution in [3.05, 3.63) is 120 Å². The van der Waals surface area contributed by atoms with Crippen molar-refractivity contribution in [2.45, 2.75) is 38.2 Å². The number of ether oxygens (including phenoxy) is 1. The third-order valence-electron chi connectivity index (χ3n) is 5.24. The standard InChI is InChI=1S/C23H24O4.C7H10O/c24-19-15-18-13-7-4-2-1-3-5-10-14-21(17-11-8-6-9-12-17)27-23(26)22(18)20(25)16-19;1-3-4-5-7(2)6-8/h2,4-6,8-12,15-16,21,24-25H,1,3,7,13-14H2;3-5,8H,1-2,6H2/b4-2+,10-5+;5-4-/t21-;/m1./s1. The number of benzene rings is 2. The van der Waals surface area contributed by atoms with Gasteiger partial charge < -0.3 is 20.1 Å². The highest BCUT2D eigenvalue weighted by atomic mass is 16.5. The fourth-order valence-electron chi connectivity index (χ4n) is 3.47. The van der Waals surface area contributed by atoms with E-state index in [9.17, 15) is 15.0 Å². The molecule has 5 nitrogen and oxygen atoms in total. The highest BCUT2D eigenvalue weighted by Crippen LogP contribution is 2.32. The second-order valence-corrected chi connectivity index (χ2v) is 8.01. The molecule has 0 saturated carbocycles. The van der Waals surface area contributed by atoms with Crippen LogP contribution in [0.25, 0.3) is 0 Å². The minimum absolute atomic E-state index is 0.0182. The molecule has 1 aliphatic heterocycles. The Hall–Kier alpha value is -3.83. The van der Waals surface area contributed by atoms with Crippen LogP contribution < -0.4 is 0 Å². The van der Waals surface area contributed by atoms with Gasteiger partial charge in [0.2, 0.25) is 0 Å². The van der Waals surface area contributed by atoms with Crippen LogP contribution in [0.1, 0.15) is 53.3 Å². The third-order valence-corrected chi connectivity index (χ3v) is 5.24. The lowest BCUT2D eigenvalue weighted by atomic mass is 10.00. The average molecular weight is 475 g/mol. The van der Waals surface area contributed by atoms with Crippen molar-refractivity contribution in [3.8, 4) is 11.5 Å². The number of esters is 1. The number of aliphatic hydroxyl groups excluding tert-OH is 1. The van der Waals surface area contributed by atoms with E-state index in [0.29, 0.717) is 24.0 Å². The molecule has 5 heteroatoms. The van der Waals surface area contributed by atoms with Crippen LogP contribution in [-0.4, -0.2) is 27.9 Å². The first-order chi connectivity index (χ1) is 17.0. The second kappa shape index (κ2) is 15.1. The van der Waals surface area contributed by atoms with E-state index in [-0.39, 0.29) is 23.7 Å². The summed E-state index contributed by atoms with van der Waals surface area (Å²) in [6.45, 7) is 7.00. The van der Waals surface area contributed by atoms with E-state index in [2.05, 4.69) is 31.4 Å². The number of carbonyl (C=O) groups excluding carboxylic acids is 1. The maximum Gasteiger partial charge on any atom is 0.342 e. The molecule has 1 heterocycles. The largest absolute Gasteiger partial charge is 0.508 e. The minimum Gasteiger partial charge on any atom is -0.508 e. The second-order valence-electron chi connectivity index (χ2n) is 8.01. The van der Waals surface area contributed by atoms with Gasteiger partial charge >= 0.3 is 5.97 Å².